The number of aryl methyl sites for hydroxylation is 1. The lowest BCUT2D eigenvalue weighted by molar-refractivity contribution is -0.130. The Kier molecular flexibility index (Phi) is 6.88. The molecule has 1 aromatic heterocycles. The molecule has 0 aromatic carbocycles. The van der Waals surface area contributed by atoms with Crippen molar-refractivity contribution < 1.29 is 14.3 Å². The van der Waals surface area contributed by atoms with E-state index in [9.17, 15) is 4.79 Å². The largest absolute Gasteiger partial charge is 0.383 e. The molecule has 0 spiro atoms. The van der Waals surface area contributed by atoms with Gasteiger partial charge in [-0.1, -0.05) is 23.1 Å². The normalized spacial score (nSPS) is 18.1. The van der Waals surface area contributed by atoms with Gasteiger partial charge in [0.15, 0.2) is 4.34 Å². The average Bonchev–Trinajstić information content (AvgIpc) is 3.12. The van der Waals surface area contributed by atoms with Gasteiger partial charge in [-0.15, -0.1) is 10.2 Å². The van der Waals surface area contributed by atoms with Gasteiger partial charge in [-0.3, -0.25) is 4.79 Å². The quantitative estimate of drug-likeness (QED) is 0.674. The third-order valence-corrected chi connectivity index (χ3v) is 5.15. The summed E-state index contributed by atoms with van der Waals surface area (Å²) in [5, 5.41) is 8.90. The van der Waals surface area contributed by atoms with E-state index in [0.717, 1.165) is 28.8 Å². The van der Waals surface area contributed by atoms with Crippen LogP contribution in [0.5, 0.6) is 0 Å². The van der Waals surface area contributed by atoms with E-state index in [1.807, 2.05) is 11.8 Å². The second-order valence-electron chi connectivity index (χ2n) is 4.84. The maximum atomic E-state index is 12.4. The molecular weight excluding hydrogens is 310 g/mol. The molecule has 1 unspecified atom stereocenters. The Balaban J connectivity index is 1.83. The zero-order chi connectivity index (χ0) is 15.1. The SMILES string of the molecule is COCCN(CC1CCCO1)C(=O)CSc1nnc(C)s1. The summed E-state index contributed by atoms with van der Waals surface area (Å²) < 4.78 is 11.5. The standard InChI is InChI=1S/C13H21N3O3S2/c1-10-14-15-13(21-10)20-9-12(17)16(5-7-18-2)8-11-4-3-6-19-11/h11H,3-9H2,1-2H3. The summed E-state index contributed by atoms with van der Waals surface area (Å²) in [6.07, 6.45) is 2.27. The van der Waals surface area contributed by atoms with Gasteiger partial charge in [-0.25, -0.2) is 0 Å². The van der Waals surface area contributed by atoms with Gasteiger partial charge >= 0.3 is 0 Å². The van der Waals surface area contributed by atoms with Crippen LogP contribution in [-0.2, 0) is 14.3 Å². The van der Waals surface area contributed by atoms with E-state index in [1.165, 1.54) is 23.1 Å². The Morgan fingerprint density at radius 1 is 1.57 bits per heavy atom. The summed E-state index contributed by atoms with van der Waals surface area (Å²) in [7, 11) is 1.65. The van der Waals surface area contributed by atoms with Crippen molar-refractivity contribution in [2.45, 2.75) is 30.2 Å². The first-order valence-electron chi connectivity index (χ1n) is 7.00. The Hall–Kier alpha value is -0.700. The fourth-order valence-electron chi connectivity index (χ4n) is 2.10. The van der Waals surface area contributed by atoms with Crippen molar-refractivity contribution in [2.24, 2.45) is 0 Å². The predicted octanol–water partition coefficient (Wildman–Crippen LogP) is 1.59. The highest BCUT2D eigenvalue weighted by Gasteiger charge is 2.22. The number of thioether (sulfide) groups is 1. The van der Waals surface area contributed by atoms with Crippen LogP contribution in [-0.4, -0.2) is 66.3 Å². The molecule has 2 rings (SSSR count). The number of hydrogen-bond donors (Lipinski definition) is 0. The van der Waals surface area contributed by atoms with E-state index in [2.05, 4.69) is 10.2 Å². The topological polar surface area (TPSA) is 64.6 Å². The van der Waals surface area contributed by atoms with Crippen LogP contribution in [0.1, 0.15) is 17.8 Å². The van der Waals surface area contributed by atoms with Crippen LogP contribution in [0.2, 0.25) is 0 Å². The molecule has 1 saturated heterocycles. The first kappa shape index (κ1) is 16.7. The van der Waals surface area contributed by atoms with Crippen LogP contribution in [0.4, 0.5) is 0 Å². The summed E-state index contributed by atoms with van der Waals surface area (Å²) in [6.45, 7) is 4.51. The van der Waals surface area contributed by atoms with E-state index in [4.69, 9.17) is 9.47 Å². The first-order valence-corrected chi connectivity index (χ1v) is 8.80. The molecule has 0 saturated carbocycles. The lowest BCUT2D eigenvalue weighted by Crippen LogP contribution is -2.40. The average molecular weight is 331 g/mol. The summed E-state index contributed by atoms with van der Waals surface area (Å²) in [6, 6.07) is 0. The van der Waals surface area contributed by atoms with E-state index in [-0.39, 0.29) is 12.0 Å². The van der Waals surface area contributed by atoms with Crippen LogP contribution in [0.15, 0.2) is 4.34 Å². The molecular formula is C13H21N3O3S2. The molecule has 2 heterocycles. The lowest BCUT2D eigenvalue weighted by atomic mass is 10.2. The first-order chi connectivity index (χ1) is 10.2. The third-order valence-electron chi connectivity index (χ3n) is 3.19. The van der Waals surface area contributed by atoms with Crippen molar-refractivity contribution >= 4 is 29.0 Å². The molecule has 1 fully saturated rings. The van der Waals surface area contributed by atoms with Crippen molar-refractivity contribution in [3.05, 3.63) is 5.01 Å². The zero-order valence-corrected chi connectivity index (χ0v) is 14.0. The van der Waals surface area contributed by atoms with Crippen LogP contribution < -0.4 is 0 Å². The third kappa shape index (κ3) is 5.54. The van der Waals surface area contributed by atoms with Gasteiger partial charge in [0.1, 0.15) is 5.01 Å². The van der Waals surface area contributed by atoms with Gasteiger partial charge in [0.2, 0.25) is 5.91 Å². The number of hydrogen-bond acceptors (Lipinski definition) is 7. The van der Waals surface area contributed by atoms with Crippen LogP contribution in [0, 0.1) is 6.92 Å². The second kappa shape index (κ2) is 8.67. The Morgan fingerprint density at radius 3 is 3.05 bits per heavy atom. The fourth-order valence-corrected chi connectivity index (χ4v) is 3.82. The number of nitrogens with zero attached hydrogens (tertiary/aromatic N) is 3. The monoisotopic (exact) mass is 331 g/mol. The Bertz CT molecular complexity index is 450. The van der Waals surface area contributed by atoms with E-state index in [1.54, 1.807) is 7.11 Å². The molecule has 1 aromatic rings. The maximum absolute atomic E-state index is 12.4. The molecule has 1 aliphatic heterocycles. The highest BCUT2D eigenvalue weighted by atomic mass is 32.2. The van der Waals surface area contributed by atoms with E-state index in [0.29, 0.717) is 25.4 Å². The lowest BCUT2D eigenvalue weighted by Gasteiger charge is -2.25. The number of carbonyl (C=O) groups is 1. The molecule has 118 valence electrons. The number of amides is 1. The Morgan fingerprint density at radius 2 is 2.43 bits per heavy atom. The molecule has 1 amide bonds. The number of rotatable bonds is 8. The summed E-state index contributed by atoms with van der Waals surface area (Å²) in [5.74, 6) is 0.478. The van der Waals surface area contributed by atoms with Crippen LogP contribution in [0.3, 0.4) is 0 Å². The predicted molar refractivity (Wildman–Crippen MR) is 82.8 cm³/mol. The van der Waals surface area contributed by atoms with Crippen molar-refractivity contribution in [3.63, 3.8) is 0 Å². The van der Waals surface area contributed by atoms with Gasteiger partial charge in [0, 0.05) is 26.8 Å². The maximum Gasteiger partial charge on any atom is 0.233 e. The molecule has 21 heavy (non-hydrogen) atoms. The molecule has 0 aliphatic carbocycles. The van der Waals surface area contributed by atoms with Crippen molar-refractivity contribution in [1.29, 1.82) is 0 Å². The summed E-state index contributed by atoms with van der Waals surface area (Å²) in [4.78, 5) is 14.2. The van der Waals surface area contributed by atoms with E-state index >= 15 is 0 Å². The number of carbonyl (C=O) groups excluding carboxylic acids is 1. The number of aromatic nitrogens is 2. The molecule has 8 heteroatoms. The van der Waals surface area contributed by atoms with Gasteiger partial charge in [0.25, 0.3) is 0 Å². The zero-order valence-electron chi connectivity index (χ0n) is 12.4. The summed E-state index contributed by atoms with van der Waals surface area (Å²) in [5.41, 5.74) is 0. The van der Waals surface area contributed by atoms with Crippen LogP contribution >= 0.6 is 23.1 Å². The minimum atomic E-state index is 0.0976. The van der Waals surface area contributed by atoms with Gasteiger partial charge in [0.05, 0.1) is 18.5 Å². The van der Waals surface area contributed by atoms with Crippen molar-refractivity contribution in [3.8, 4) is 0 Å². The minimum absolute atomic E-state index is 0.0976. The second-order valence-corrected chi connectivity index (χ2v) is 7.25. The van der Waals surface area contributed by atoms with Gasteiger partial charge in [-0.05, 0) is 19.8 Å². The van der Waals surface area contributed by atoms with E-state index < -0.39 is 0 Å². The molecule has 1 aliphatic rings. The van der Waals surface area contributed by atoms with Gasteiger partial charge in [-0.2, -0.15) is 0 Å². The smallest absolute Gasteiger partial charge is 0.233 e. The van der Waals surface area contributed by atoms with Crippen molar-refractivity contribution in [2.75, 3.05) is 39.2 Å². The molecule has 0 radical (unpaired) electrons. The van der Waals surface area contributed by atoms with Crippen molar-refractivity contribution in [1.82, 2.24) is 15.1 Å². The molecule has 6 nitrogen and oxygen atoms in total. The fraction of sp³-hybridized carbons (Fsp3) is 0.769. The number of ether oxygens (including phenoxy) is 2. The van der Waals surface area contributed by atoms with Crippen LogP contribution in [0.25, 0.3) is 0 Å². The summed E-state index contributed by atoms with van der Waals surface area (Å²) >= 11 is 2.95. The molecule has 0 bridgehead atoms. The molecule has 0 N–H and O–H groups in total. The van der Waals surface area contributed by atoms with Gasteiger partial charge < -0.3 is 14.4 Å². The highest BCUT2D eigenvalue weighted by molar-refractivity contribution is 8.01. The number of methoxy groups -OCH3 is 1. The highest BCUT2D eigenvalue weighted by Crippen LogP contribution is 2.22. The Labute approximate surface area is 133 Å². The molecule has 1 atom stereocenters. The minimum Gasteiger partial charge on any atom is -0.383 e.